The number of hydrogen-bond acceptors (Lipinski definition) is 4. The van der Waals surface area contributed by atoms with Gasteiger partial charge in [0.15, 0.2) is 11.5 Å². The molecular weight excluding hydrogens is 252 g/mol. The summed E-state index contributed by atoms with van der Waals surface area (Å²) in [6.07, 6.45) is 3.19. The minimum Gasteiger partial charge on any atom is -0.493 e. The van der Waals surface area contributed by atoms with Crippen LogP contribution in [0.5, 0.6) is 11.5 Å². The van der Waals surface area contributed by atoms with Gasteiger partial charge in [0.2, 0.25) is 0 Å². The number of nitrogens with zero attached hydrogens (tertiary/aromatic N) is 1. The van der Waals surface area contributed by atoms with Gasteiger partial charge in [0.1, 0.15) is 0 Å². The molecule has 1 aliphatic rings. The molecular formula is C16H26N2O2. The van der Waals surface area contributed by atoms with E-state index in [0.717, 1.165) is 50.4 Å². The van der Waals surface area contributed by atoms with Crippen molar-refractivity contribution < 1.29 is 9.47 Å². The summed E-state index contributed by atoms with van der Waals surface area (Å²) in [5.74, 6) is 1.64. The molecule has 0 aromatic heterocycles. The Morgan fingerprint density at radius 2 is 1.85 bits per heavy atom. The Morgan fingerprint density at radius 3 is 2.45 bits per heavy atom. The molecule has 1 unspecified atom stereocenters. The third-order valence-corrected chi connectivity index (χ3v) is 4.14. The fourth-order valence-corrected chi connectivity index (χ4v) is 2.69. The molecule has 1 aliphatic heterocycles. The quantitative estimate of drug-likeness (QED) is 0.866. The van der Waals surface area contributed by atoms with Crippen LogP contribution in [-0.2, 0) is 13.0 Å². The van der Waals surface area contributed by atoms with Crippen LogP contribution in [0.4, 0.5) is 0 Å². The molecule has 1 atom stereocenters. The molecule has 0 fully saturated rings. The summed E-state index contributed by atoms with van der Waals surface area (Å²) in [7, 11) is 3.37. The normalized spacial score (nSPS) is 16.6. The monoisotopic (exact) mass is 278 g/mol. The number of hydrogen-bond donors (Lipinski definition) is 1. The van der Waals surface area contributed by atoms with Crippen LogP contribution in [0, 0.1) is 0 Å². The van der Waals surface area contributed by atoms with E-state index in [1.165, 1.54) is 11.1 Å². The average molecular weight is 278 g/mol. The second-order valence-electron chi connectivity index (χ2n) is 5.46. The summed E-state index contributed by atoms with van der Waals surface area (Å²) in [5.41, 5.74) is 8.73. The van der Waals surface area contributed by atoms with Crippen molar-refractivity contribution in [2.45, 2.75) is 38.8 Å². The number of fused-ring (bicyclic) bond motifs is 1. The summed E-state index contributed by atoms with van der Waals surface area (Å²) in [5, 5.41) is 0. The lowest BCUT2D eigenvalue weighted by molar-refractivity contribution is 0.242. The van der Waals surface area contributed by atoms with Gasteiger partial charge >= 0.3 is 0 Å². The fraction of sp³-hybridized carbons (Fsp3) is 0.625. The van der Waals surface area contributed by atoms with Crippen molar-refractivity contribution in [1.29, 1.82) is 0 Å². The highest BCUT2D eigenvalue weighted by molar-refractivity contribution is 5.48. The minimum absolute atomic E-state index is 0.321. The molecule has 1 heterocycles. The van der Waals surface area contributed by atoms with Crippen LogP contribution in [0.25, 0.3) is 0 Å². The standard InChI is InChI=1S/C16H26N2O2/c1-4-14(17)6-8-18-7-5-12-9-15(19-2)16(20-3)10-13(12)11-18/h9-10,14H,4-8,11,17H2,1-3H3. The summed E-state index contributed by atoms with van der Waals surface area (Å²) in [6.45, 7) is 5.29. The van der Waals surface area contributed by atoms with E-state index in [4.69, 9.17) is 15.2 Å². The van der Waals surface area contributed by atoms with E-state index in [-0.39, 0.29) is 0 Å². The fourth-order valence-electron chi connectivity index (χ4n) is 2.69. The Morgan fingerprint density at radius 1 is 1.20 bits per heavy atom. The molecule has 0 aliphatic carbocycles. The second kappa shape index (κ2) is 6.95. The highest BCUT2D eigenvalue weighted by Crippen LogP contribution is 2.33. The van der Waals surface area contributed by atoms with Crippen molar-refractivity contribution in [3.8, 4) is 11.5 Å². The maximum Gasteiger partial charge on any atom is 0.161 e. The predicted molar refractivity (Wildman–Crippen MR) is 81.4 cm³/mol. The molecule has 0 saturated carbocycles. The average Bonchev–Trinajstić information content (AvgIpc) is 2.50. The largest absolute Gasteiger partial charge is 0.493 e. The number of ether oxygens (including phenoxy) is 2. The van der Waals surface area contributed by atoms with Gasteiger partial charge in [-0.15, -0.1) is 0 Å². The van der Waals surface area contributed by atoms with Crippen molar-refractivity contribution in [2.24, 2.45) is 5.73 Å². The first-order valence-corrected chi connectivity index (χ1v) is 7.39. The molecule has 2 rings (SSSR count). The molecule has 0 spiro atoms. The highest BCUT2D eigenvalue weighted by atomic mass is 16.5. The van der Waals surface area contributed by atoms with E-state index >= 15 is 0 Å². The Labute approximate surface area is 121 Å². The zero-order valence-corrected chi connectivity index (χ0v) is 12.8. The molecule has 0 bridgehead atoms. The van der Waals surface area contributed by atoms with E-state index in [2.05, 4.69) is 24.0 Å². The second-order valence-corrected chi connectivity index (χ2v) is 5.46. The van der Waals surface area contributed by atoms with Crippen molar-refractivity contribution in [2.75, 3.05) is 27.3 Å². The molecule has 0 radical (unpaired) electrons. The molecule has 0 saturated heterocycles. The van der Waals surface area contributed by atoms with Crippen LogP contribution in [0.3, 0.4) is 0 Å². The van der Waals surface area contributed by atoms with Crippen molar-refractivity contribution >= 4 is 0 Å². The molecule has 4 nitrogen and oxygen atoms in total. The molecule has 112 valence electrons. The van der Waals surface area contributed by atoms with Crippen LogP contribution >= 0.6 is 0 Å². The number of nitrogens with two attached hydrogens (primary N) is 1. The Hall–Kier alpha value is -1.26. The molecule has 1 aromatic rings. The van der Waals surface area contributed by atoms with Gasteiger partial charge in [0, 0.05) is 19.1 Å². The lowest BCUT2D eigenvalue weighted by Gasteiger charge is -2.30. The summed E-state index contributed by atoms with van der Waals surface area (Å²) < 4.78 is 10.8. The van der Waals surface area contributed by atoms with Crippen molar-refractivity contribution in [3.05, 3.63) is 23.3 Å². The molecule has 1 aromatic carbocycles. The van der Waals surface area contributed by atoms with Crippen LogP contribution in [0.15, 0.2) is 12.1 Å². The van der Waals surface area contributed by atoms with Gasteiger partial charge in [0.05, 0.1) is 14.2 Å². The van der Waals surface area contributed by atoms with E-state index in [1.807, 2.05) is 0 Å². The zero-order valence-electron chi connectivity index (χ0n) is 12.8. The van der Waals surface area contributed by atoms with Crippen LogP contribution in [0.1, 0.15) is 30.9 Å². The lowest BCUT2D eigenvalue weighted by atomic mass is 9.98. The van der Waals surface area contributed by atoms with E-state index in [0.29, 0.717) is 6.04 Å². The highest BCUT2D eigenvalue weighted by Gasteiger charge is 2.19. The summed E-state index contributed by atoms with van der Waals surface area (Å²) >= 11 is 0. The number of methoxy groups -OCH3 is 2. The Balaban J connectivity index is 2.05. The topological polar surface area (TPSA) is 47.7 Å². The van der Waals surface area contributed by atoms with Gasteiger partial charge in [-0.25, -0.2) is 0 Å². The van der Waals surface area contributed by atoms with Crippen molar-refractivity contribution in [3.63, 3.8) is 0 Å². The first kappa shape index (κ1) is 15.1. The lowest BCUT2D eigenvalue weighted by Crippen LogP contribution is -2.34. The van der Waals surface area contributed by atoms with Gasteiger partial charge in [-0.2, -0.15) is 0 Å². The Kier molecular flexibility index (Phi) is 5.26. The number of benzene rings is 1. The SMILES string of the molecule is CCC(N)CCN1CCc2cc(OC)c(OC)cc2C1. The van der Waals surface area contributed by atoms with Crippen LogP contribution in [-0.4, -0.2) is 38.3 Å². The summed E-state index contributed by atoms with van der Waals surface area (Å²) in [4.78, 5) is 2.48. The predicted octanol–water partition coefficient (Wildman–Crippen LogP) is 2.19. The van der Waals surface area contributed by atoms with Gasteiger partial charge < -0.3 is 15.2 Å². The zero-order chi connectivity index (χ0) is 14.5. The van der Waals surface area contributed by atoms with Gasteiger partial charge in [-0.05, 0) is 49.1 Å². The number of rotatable bonds is 6. The van der Waals surface area contributed by atoms with E-state index < -0.39 is 0 Å². The maximum absolute atomic E-state index is 6.01. The van der Waals surface area contributed by atoms with Gasteiger partial charge in [-0.1, -0.05) is 6.92 Å². The third kappa shape index (κ3) is 3.44. The Bertz CT molecular complexity index is 448. The molecule has 4 heteroatoms. The third-order valence-electron chi connectivity index (χ3n) is 4.14. The molecule has 2 N–H and O–H groups in total. The van der Waals surface area contributed by atoms with Gasteiger partial charge in [-0.3, -0.25) is 4.90 Å². The van der Waals surface area contributed by atoms with Crippen LogP contribution < -0.4 is 15.2 Å². The van der Waals surface area contributed by atoms with Crippen LogP contribution in [0.2, 0.25) is 0 Å². The van der Waals surface area contributed by atoms with Gasteiger partial charge in [0.25, 0.3) is 0 Å². The first-order chi connectivity index (χ1) is 9.67. The van der Waals surface area contributed by atoms with E-state index in [1.54, 1.807) is 14.2 Å². The smallest absolute Gasteiger partial charge is 0.161 e. The maximum atomic E-state index is 6.01. The van der Waals surface area contributed by atoms with Crippen molar-refractivity contribution in [1.82, 2.24) is 4.90 Å². The first-order valence-electron chi connectivity index (χ1n) is 7.39. The minimum atomic E-state index is 0.321. The summed E-state index contributed by atoms with van der Waals surface area (Å²) in [6, 6.07) is 4.55. The molecule has 0 amide bonds. The molecule has 20 heavy (non-hydrogen) atoms. The van der Waals surface area contributed by atoms with E-state index in [9.17, 15) is 0 Å².